The van der Waals surface area contributed by atoms with Crippen molar-refractivity contribution in [3.8, 4) is 0 Å². The molecule has 0 spiro atoms. The number of hydrogen-bond donors (Lipinski definition) is 0. The zero-order valence-corrected chi connectivity index (χ0v) is 7.88. The Bertz CT molecular complexity index is 247. The van der Waals surface area contributed by atoms with Crippen molar-refractivity contribution in [2.24, 2.45) is 0 Å². The summed E-state index contributed by atoms with van der Waals surface area (Å²) in [5, 5.41) is 2.07. The number of thioether (sulfide) groups is 1. The van der Waals surface area contributed by atoms with Crippen molar-refractivity contribution in [1.29, 1.82) is 0 Å². The molecule has 12 heavy (non-hydrogen) atoms. The van der Waals surface area contributed by atoms with Crippen molar-refractivity contribution in [3.05, 3.63) is 41.7 Å². The van der Waals surface area contributed by atoms with Gasteiger partial charge in [-0.25, -0.2) is 0 Å². The van der Waals surface area contributed by atoms with E-state index in [1.54, 1.807) is 18.0 Å². The third-order valence-electron chi connectivity index (χ3n) is 1.26. The highest BCUT2D eigenvalue weighted by atomic mass is 32.2. The zero-order valence-electron chi connectivity index (χ0n) is 7.07. The van der Waals surface area contributed by atoms with E-state index in [2.05, 4.69) is 12.3 Å². The van der Waals surface area contributed by atoms with E-state index in [1.165, 1.54) is 0 Å². The molecule has 1 rings (SSSR count). The Balaban J connectivity index is 2.31. The summed E-state index contributed by atoms with van der Waals surface area (Å²) < 4.78 is 5.11. The van der Waals surface area contributed by atoms with Gasteiger partial charge in [0.15, 0.2) is 0 Å². The lowest BCUT2D eigenvalue weighted by Crippen LogP contribution is -1.58. The van der Waals surface area contributed by atoms with E-state index in [9.17, 15) is 0 Å². The van der Waals surface area contributed by atoms with Gasteiger partial charge in [0.2, 0.25) is 0 Å². The van der Waals surface area contributed by atoms with Crippen LogP contribution in [0.2, 0.25) is 0 Å². The standard InChI is InChI=1S/C10H12OS/c1-2-12-9-4-3-6-10-7-5-8-11-10/h3-9H,2H2,1H3/b6-3-,9-4-. The molecule has 0 atom stereocenters. The number of furan rings is 1. The van der Waals surface area contributed by atoms with Crippen LogP contribution in [0.3, 0.4) is 0 Å². The highest BCUT2D eigenvalue weighted by molar-refractivity contribution is 8.02. The first-order valence-electron chi connectivity index (χ1n) is 3.92. The molecular formula is C10H12OS. The minimum atomic E-state index is 0.890. The molecule has 0 radical (unpaired) electrons. The second-order valence-electron chi connectivity index (χ2n) is 2.16. The minimum Gasteiger partial charge on any atom is -0.465 e. The van der Waals surface area contributed by atoms with Crippen LogP contribution in [0.15, 0.2) is 40.4 Å². The summed E-state index contributed by atoms with van der Waals surface area (Å²) >= 11 is 1.78. The monoisotopic (exact) mass is 180 g/mol. The van der Waals surface area contributed by atoms with Gasteiger partial charge in [-0.15, -0.1) is 11.8 Å². The summed E-state index contributed by atoms with van der Waals surface area (Å²) in [4.78, 5) is 0. The van der Waals surface area contributed by atoms with Gasteiger partial charge in [-0.1, -0.05) is 19.1 Å². The molecule has 1 aromatic rings. The van der Waals surface area contributed by atoms with Crippen molar-refractivity contribution in [1.82, 2.24) is 0 Å². The van der Waals surface area contributed by atoms with Crippen LogP contribution in [0.4, 0.5) is 0 Å². The third kappa shape index (κ3) is 3.49. The van der Waals surface area contributed by atoms with E-state index in [-0.39, 0.29) is 0 Å². The van der Waals surface area contributed by atoms with Crippen LogP contribution in [0.5, 0.6) is 0 Å². The number of rotatable bonds is 4. The maximum Gasteiger partial charge on any atom is 0.126 e. The predicted octanol–water partition coefficient (Wildman–Crippen LogP) is 3.56. The lowest BCUT2D eigenvalue weighted by molar-refractivity contribution is 0.557. The summed E-state index contributed by atoms with van der Waals surface area (Å²) in [5.41, 5.74) is 0. The fraction of sp³-hybridized carbons (Fsp3) is 0.200. The molecule has 0 fully saturated rings. The summed E-state index contributed by atoms with van der Waals surface area (Å²) in [5.74, 6) is 2.01. The molecule has 0 aliphatic heterocycles. The van der Waals surface area contributed by atoms with Crippen molar-refractivity contribution in [3.63, 3.8) is 0 Å². The minimum absolute atomic E-state index is 0.890. The van der Waals surface area contributed by atoms with Gasteiger partial charge in [-0.3, -0.25) is 0 Å². The molecule has 1 aromatic heterocycles. The zero-order chi connectivity index (χ0) is 8.65. The van der Waals surface area contributed by atoms with Gasteiger partial charge in [0.25, 0.3) is 0 Å². The summed E-state index contributed by atoms with van der Waals surface area (Å²) in [7, 11) is 0. The average Bonchev–Trinajstić information content (AvgIpc) is 2.57. The second-order valence-corrected chi connectivity index (χ2v) is 3.34. The summed E-state index contributed by atoms with van der Waals surface area (Å²) in [6.07, 6.45) is 7.59. The average molecular weight is 180 g/mol. The summed E-state index contributed by atoms with van der Waals surface area (Å²) in [6.45, 7) is 2.13. The largest absolute Gasteiger partial charge is 0.465 e. The fourth-order valence-corrected chi connectivity index (χ4v) is 1.13. The lowest BCUT2D eigenvalue weighted by atomic mass is 10.4. The Hall–Kier alpha value is -0.890. The van der Waals surface area contributed by atoms with Crippen molar-refractivity contribution >= 4 is 17.8 Å². The lowest BCUT2D eigenvalue weighted by Gasteiger charge is -1.81. The van der Waals surface area contributed by atoms with Gasteiger partial charge in [0.05, 0.1) is 6.26 Å². The second kappa shape index (κ2) is 5.72. The Morgan fingerprint density at radius 1 is 1.50 bits per heavy atom. The van der Waals surface area contributed by atoms with Crippen LogP contribution < -0.4 is 0 Å². The molecular weight excluding hydrogens is 168 g/mol. The Morgan fingerprint density at radius 2 is 2.42 bits per heavy atom. The topological polar surface area (TPSA) is 13.1 Å². The molecule has 2 heteroatoms. The number of hydrogen-bond acceptors (Lipinski definition) is 2. The van der Waals surface area contributed by atoms with Crippen molar-refractivity contribution in [2.75, 3.05) is 5.75 Å². The van der Waals surface area contributed by atoms with E-state index >= 15 is 0 Å². The maximum atomic E-state index is 5.11. The van der Waals surface area contributed by atoms with E-state index in [0.29, 0.717) is 0 Å². The van der Waals surface area contributed by atoms with Crippen LogP contribution >= 0.6 is 11.8 Å². The molecule has 1 nitrogen and oxygen atoms in total. The Labute approximate surface area is 77.2 Å². The Morgan fingerprint density at radius 3 is 3.08 bits per heavy atom. The highest BCUT2D eigenvalue weighted by Gasteiger charge is 1.83. The van der Waals surface area contributed by atoms with Gasteiger partial charge in [0, 0.05) is 0 Å². The summed E-state index contributed by atoms with van der Waals surface area (Å²) in [6, 6.07) is 3.81. The molecule has 0 N–H and O–H groups in total. The molecule has 0 unspecified atom stereocenters. The first kappa shape index (κ1) is 9.20. The molecule has 64 valence electrons. The van der Waals surface area contributed by atoms with E-state index in [4.69, 9.17) is 4.42 Å². The number of allylic oxidation sites excluding steroid dienone is 2. The molecule has 0 saturated heterocycles. The maximum absolute atomic E-state index is 5.11. The van der Waals surface area contributed by atoms with Crippen LogP contribution in [0, 0.1) is 0 Å². The van der Waals surface area contributed by atoms with Crippen molar-refractivity contribution < 1.29 is 4.42 Å². The normalized spacial score (nSPS) is 11.8. The molecule has 0 amide bonds. The van der Waals surface area contributed by atoms with Gasteiger partial charge in [-0.05, 0) is 29.4 Å². The molecule has 0 aliphatic carbocycles. The molecule has 0 aromatic carbocycles. The van der Waals surface area contributed by atoms with Gasteiger partial charge in [-0.2, -0.15) is 0 Å². The van der Waals surface area contributed by atoms with Crippen LogP contribution in [-0.4, -0.2) is 5.75 Å². The van der Waals surface area contributed by atoms with Crippen molar-refractivity contribution in [2.45, 2.75) is 6.92 Å². The van der Waals surface area contributed by atoms with Gasteiger partial charge >= 0.3 is 0 Å². The Kier molecular flexibility index (Phi) is 4.39. The van der Waals surface area contributed by atoms with Crippen LogP contribution in [0.25, 0.3) is 6.08 Å². The van der Waals surface area contributed by atoms with Crippen LogP contribution in [0.1, 0.15) is 12.7 Å². The highest BCUT2D eigenvalue weighted by Crippen LogP contribution is 2.04. The van der Waals surface area contributed by atoms with E-state index < -0.39 is 0 Å². The predicted molar refractivity (Wildman–Crippen MR) is 55.0 cm³/mol. The molecule has 0 saturated carbocycles. The van der Waals surface area contributed by atoms with E-state index in [1.807, 2.05) is 30.4 Å². The SMILES string of the molecule is CCS/C=C\C=C/c1ccco1. The first-order chi connectivity index (χ1) is 5.93. The quantitative estimate of drug-likeness (QED) is 0.657. The first-order valence-corrected chi connectivity index (χ1v) is 4.96. The van der Waals surface area contributed by atoms with E-state index in [0.717, 1.165) is 11.5 Å². The molecule has 0 aliphatic rings. The smallest absolute Gasteiger partial charge is 0.126 e. The molecule has 1 heterocycles. The third-order valence-corrected chi connectivity index (χ3v) is 1.94. The van der Waals surface area contributed by atoms with Gasteiger partial charge < -0.3 is 4.42 Å². The van der Waals surface area contributed by atoms with Crippen LogP contribution in [-0.2, 0) is 0 Å². The fourth-order valence-electron chi connectivity index (χ4n) is 0.734. The van der Waals surface area contributed by atoms with Gasteiger partial charge in [0.1, 0.15) is 5.76 Å². The molecule has 0 bridgehead atoms.